The predicted molar refractivity (Wildman–Crippen MR) is 50.2 cm³/mol. The minimum atomic E-state index is 0.721. The van der Waals surface area contributed by atoms with Gasteiger partial charge in [0.05, 0.1) is 27.0 Å². The first-order valence-electron chi connectivity index (χ1n) is 3.82. The van der Waals surface area contributed by atoms with Crippen LogP contribution in [-0.4, -0.2) is 21.3 Å². The fraction of sp³-hybridized carbons (Fsp3) is 0.333. The highest BCUT2D eigenvalue weighted by molar-refractivity contribution is 5.52. The van der Waals surface area contributed by atoms with Crippen molar-refractivity contribution in [1.29, 1.82) is 0 Å². The molecule has 0 saturated carbocycles. The van der Waals surface area contributed by atoms with Gasteiger partial charge in [0.2, 0.25) is 0 Å². The van der Waals surface area contributed by atoms with E-state index in [0.717, 1.165) is 17.2 Å². The third kappa shape index (κ3) is 2.52. The number of nitrogens with one attached hydrogen (secondary N) is 1. The van der Waals surface area contributed by atoms with Crippen LogP contribution in [0, 0.1) is 0 Å². The van der Waals surface area contributed by atoms with Crippen molar-refractivity contribution in [3.63, 3.8) is 0 Å². The summed E-state index contributed by atoms with van der Waals surface area (Å²) in [5.74, 6) is 1.44. The third-order valence-electron chi connectivity index (χ3n) is 1.57. The number of hydrogen-bond acceptors (Lipinski definition) is 4. The van der Waals surface area contributed by atoms with Crippen LogP contribution in [0.25, 0.3) is 0 Å². The van der Waals surface area contributed by atoms with E-state index < -0.39 is 0 Å². The van der Waals surface area contributed by atoms with E-state index in [2.05, 4.69) is 5.48 Å². The van der Waals surface area contributed by atoms with E-state index in [9.17, 15) is 0 Å². The molecule has 0 atom stereocenters. The maximum absolute atomic E-state index is 5.07. The van der Waals surface area contributed by atoms with Gasteiger partial charge in [-0.25, -0.2) is 0 Å². The Hall–Kier alpha value is -1.42. The van der Waals surface area contributed by atoms with Crippen LogP contribution in [0.4, 0.5) is 5.69 Å². The molecule has 0 saturated heterocycles. The van der Waals surface area contributed by atoms with E-state index in [-0.39, 0.29) is 0 Å². The molecular formula is C9H13NO3. The molecule has 0 spiro atoms. The summed E-state index contributed by atoms with van der Waals surface area (Å²) < 4.78 is 10.1. The molecule has 1 N–H and O–H groups in total. The van der Waals surface area contributed by atoms with Gasteiger partial charge in [0.15, 0.2) is 0 Å². The van der Waals surface area contributed by atoms with E-state index in [1.807, 2.05) is 12.1 Å². The zero-order valence-electron chi connectivity index (χ0n) is 7.96. The predicted octanol–water partition coefficient (Wildman–Crippen LogP) is 1.68. The lowest BCUT2D eigenvalue weighted by atomic mass is 10.3. The maximum Gasteiger partial charge on any atom is 0.124 e. The number of rotatable bonds is 4. The Morgan fingerprint density at radius 1 is 0.923 bits per heavy atom. The zero-order valence-corrected chi connectivity index (χ0v) is 7.96. The lowest BCUT2D eigenvalue weighted by Gasteiger charge is -2.08. The molecule has 0 aliphatic heterocycles. The zero-order chi connectivity index (χ0) is 9.68. The lowest BCUT2D eigenvalue weighted by Crippen LogP contribution is -1.96. The Bertz CT molecular complexity index is 253. The fourth-order valence-corrected chi connectivity index (χ4v) is 0.984. The third-order valence-corrected chi connectivity index (χ3v) is 1.57. The molecule has 0 heterocycles. The highest BCUT2D eigenvalue weighted by Gasteiger charge is 2.00. The molecule has 1 aromatic carbocycles. The van der Waals surface area contributed by atoms with Crippen LogP contribution >= 0.6 is 0 Å². The average Bonchev–Trinajstić information content (AvgIpc) is 2.17. The van der Waals surface area contributed by atoms with Crippen LogP contribution < -0.4 is 15.0 Å². The summed E-state index contributed by atoms with van der Waals surface area (Å²) in [6.07, 6.45) is 0. The topological polar surface area (TPSA) is 39.7 Å². The van der Waals surface area contributed by atoms with Crippen molar-refractivity contribution in [3.05, 3.63) is 18.2 Å². The van der Waals surface area contributed by atoms with Gasteiger partial charge in [-0.1, -0.05) is 0 Å². The van der Waals surface area contributed by atoms with Gasteiger partial charge in [0.1, 0.15) is 11.5 Å². The van der Waals surface area contributed by atoms with Gasteiger partial charge in [0, 0.05) is 18.2 Å². The second-order valence-corrected chi connectivity index (χ2v) is 2.41. The average molecular weight is 183 g/mol. The first-order chi connectivity index (χ1) is 6.30. The van der Waals surface area contributed by atoms with Crippen molar-refractivity contribution < 1.29 is 14.3 Å². The van der Waals surface area contributed by atoms with Gasteiger partial charge < -0.3 is 9.47 Å². The number of benzene rings is 1. The largest absolute Gasteiger partial charge is 0.497 e. The molecule has 0 aliphatic rings. The Kier molecular flexibility index (Phi) is 3.40. The quantitative estimate of drug-likeness (QED) is 0.721. The van der Waals surface area contributed by atoms with Gasteiger partial charge in [-0.3, -0.25) is 10.3 Å². The first kappa shape index (κ1) is 9.67. The van der Waals surface area contributed by atoms with Gasteiger partial charge in [-0.2, -0.15) is 0 Å². The van der Waals surface area contributed by atoms with Gasteiger partial charge >= 0.3 is 0 Å². The summed E-state index contributed by atoms with van der Waals surface area (Å²) in [7, 11) is 4.75. The molecular weight excluding hydrogens is 170 g/mol. The van der Waals surface area contributed by atoms with E-state index in [1.165, 1.54) is 0 Å². The SMILES string of the molecule is CONc1cc(OC)cc(OC)c1. The van der Waals surface area contributed by atoms with Crippen LogP contribution in [0.3, 0.4) is 0 Å². The van der Waals surface area contributed by atoms with Crippen LogP contribution in [0.5, 0.6) is 11.5 Å². The summed E-state index contributed by atoms with van der Waals surface area (Å²) in [6, 6.07) is 5.42. The minimum absolute atomic E-state index is 0.721. The molecule has 1 aromatic rings. The Labute approximate surface area is 77.4 Å². The standard InChI is InChI=1S/C9H13NO3/c1-11-8-4-7(10-13-3)5-9(6-8)12-2/h4-6,10H,1-3H3. The first-order valence-corrected chi connectivity index (χ1v) is 3.82. The van der Waals surface area contributed by atoms with Crippen LogP contribution in [0.1, 0.15) is 0 Å². The molecule has 0 aromatic heterocycles. The van der Waals surface area contributed by atoms with Crippen molar-refractivity contribution >= 4 is 5.69 Å². The summed E-state index contributed by atoms with van der Waals surface area (Å²) in [5, 5.41) is 0. The van der Waals surface area contributed by atoms with Gasteiger partial charge in [0.25, 0.3) is 0 Å². The Morgan fingerprint density at radius 3 is 1.85 bits per heavy atom. The molecule has 4 nitrogen and oxygen atoms in total. The summed E-state index contributed by atoms with van der Waals surface area (Å²) in [4.78, 5) is 4.77. The second kappa shape index (κ2) is 4.57. The monoisotopic (exact) mass is 183 g/mol. The van der Waals surface area contributed by atoms with Crippen molar-refractivity contribution in [2.24, 2.45) is 0 Å². The number of hydrogen-bond donors (Lipinski definition) is 1. The van der Waals surface area contributed by atoms with Gasteiger partial charge in [-0.15, -0.1) is 0 Å². The summed E-state index contributed by atoms with van der Waals surface area (Å²) in [6.45, 7) is 0. The minimum Gasteiger partial charge on any atom is -0.497 e. The fourth-order valence-electron chi connectivity index (χ4n) is 0.984. The molecule has 0 radical (unpaired) electrons. The molecule has 0 unspecified atom stereocenters. The molecule has 1 rings (SSSR count). The molecule has 72 valence electrons. The van der Waals surface area contributed by atoms with Gasteiger partial charge in [-0.05, 0) is 0 Å². The number of anilines is 1. The van der Waals surface area contributed by atoms with Crippen molar-refractivity contribution in [3.8, 4) is 11.5 Å². The molecule has 0 amide bonds. The highest BCUT2D eigenvalue weighted by atomic mass is 16.6. The molecule has 0 fully saturated rings. The van der Waals surface area contributed by atoms with Crippen molar-refractivity contribution in [2.45, 2.75) is 0 Å². The van der Waals surface area contributed by atoms with Crippen molar-refractivity contribution in [1.82, 2.24) is 0 Å². The maximum atomic E-state index is 5.07. The highest BCUT2D eigenvalue weighted by Crippen LogP contribution is 2.25. The smallest absolute Gasteiger partial charge is 0.124 e. The van der Waals surface area contributed by atoms with Crippen molar-refractivity contribution in [2.75, 3.05) is 26.8 Å². The van der Waals surface area contributed by atoms with E-state index in [0.29, 0.717) is 0 Å². The number of methoxy groups -OCH3 is 2. The molecule has 4 heteroatoms. The van der Waals surface area contributed by atoms with Crippen LogP contribution in [0.15, 0.2) is 18.2 Å². The summed E-state index contributed by atoms with van der Waals surface area (Å²) in [5.41, 5.74) is 3.49. The van der Waals surface area contributed by atoms with E-state index >= 15 is 0 Å². The Morgan fingerprint density at radius 2 is 1.46 bits per heavy atom. The number of ether oxygens (including phenoxy) is 2. The lowest BCUT2D eigenvalue weighted by molar-refractivity contribution is 0.270. The molecule has 0 aliphatic carbocycles. The van der Waals surface area contributed by atoms with Crippen LogP contribution in [-0.2, 0) is 4.84 Å². The second-order valence-electron chi connectivity index (χ2n) is 2.41. The van der Waals surface area contributed by atoms with E-state index in [1.54, 1.807) is 27.4 Å². The van der Waals surface area contributed by atoms with Crippen LogP contribution in [0.2, 0.25) is 0 Å². The van der Waals surface area contributed by atoms with E-state index in [4.69, 9.17) is 14.3 Å². The Balaban J connectivity index is 2.93. The summed E-state index contributed by atoms with van der Waals surface area (Å²) >= 11 is 0. The normalized spacial score (nSPS) is 9.46. The molecule has 0 bridgehead atoms. The molecule has 13 heavy (non-hydrogen) atoms.